The van der Waals surface area contributed by atoms with Crippen LogP contribution in [0.4, 0.5) is 5.00 Å². The third kappa shape index (κ3) is 5.79. The van der Waals surface area contributed by atoms with Gasteiger partial charge < -0.3 is 10.1 Å². The van der Waals surface area contributed by atoms with Gasteiger partial charge in [0.25, 0.3) is 0 Å². The van der Waals surface area contributed by atoms with Crippen molar-refractivity contribution >= 4 is 51.6 Å². The molecule has 184 valence electrons. The van der Waals surface area contributed by atoms with Gasteiger partial charge in [-0.25, -0.2) is 4.79 Å². The number of halogens is 1. The molecule has 0 radical (unpaired) electrons. The molecule has 1 unspecified atom stereocenters. The molecule has 1 aliphatic rings. The normalized spacial score (nSPS) is 14.9. The first kappa shape index (κ1) is 25.5. The molecule has 1 N–H and O–H groups in total. The monoisotopic (exact) mass is 530 g/mol. The highest BCUT2D eigenvalue weighted by atomic mass is 35.5. The first-order valence-corrected chi connectivity index (χ1v) is 13.6. The summed E-state index contributed by atoms with van der Waals surface area (Å²) >= 11 is 8.91. The number of carbonyl (C=O) groups is 2. The molecule has 0 saturated carbocycles. The SMILES string of the molecule is C=CCn1c(SCC(=O)Nc2sc3c(c2C(=O)OCC)CCC(C)C3)nnc1-c1cccc(Cl)c1. The molecule has 4 rings (SSSR count). The first-order chi connectivity index (χ1) is 16.9. The van der Waals surface area contributed by atoms with Crippen LogP contribution in [0.2, 0.25) is 5.02 Å². The molecule has 1 atom stereocenters. The summed E-state index contributed by atoms with van der Waals surface area (Å²) < 4.78 is 7.19. The van der Waals surface area contributed by atoms with Crippen LogP contribution in [0, 0.1) is 5.92 Å². The number of nitrogens with zero attached hydrogens (tertiary/aromatic N) is 3. The molecule has 2 aromatic heterocycles. The van der Waals surface area contributed by atoms with Crippen molar-refractivity contribution in [1.29, 1.82) is 0 Å². The van der Waals surface area contributed by atoms with E-state index in [9.17, 15) is 9.59 Å². The van der Waals surface area contributed by atoms with E-state index in [0.717, 1.165) is 35.3 Å². The molecule has 0 fully saturated rings. The van der Waals surface area contributed by atoms with Gasteiger partial charge in [0.15, 0.2) is 11.0 Å². The van der Waals surface area contributed by atoms with Gasteiger partial charge >= 0.3 is 5.97 Å². The number of fused-ring (bicyclic) bond motifs is 1. The van der Waals surface area contributed by atoms with Gasteiger partial charge in [0.05, 0.1) is 17.9 Å². The Morgan fingerprint density at radius 1 is 1.40 bits per heavy atom. The van der Waals surface area contributed by atoms with Crippen molar-refractivity contribution in [3.63, 3.8) is 0 Å². The van der Waals surface area contributed by atoms with E-state index in [1.165, 1.54) is 23.1 Å². The number of amides is 1. The minimum absolute atomic E-state index is 0.117. The zero-order valence-corrected chi connectivity index (χ0v) is 22.1. The minimum Gasteiger partial charge on any atom is -0.462 e. The van der Waals surface area contributed by atoms with Gasteiger partial charge in [-0.05, 0) is 49.8 Å². The Morgan fingerprint density at radius 3 is 2.97 bits per heavy atom. The van der Waals surface area contributed by atoms with Crippen LogP contribution >= 0.6 is 34.7 Å². The van der Waals surface area contributed by atoms with Crippen LogP contribution < -0.4 is 5.32 Å². The van der Waals surface area contributed by atoms with Gasteiger partial charge in [-0.15, -0.1) is 28.1 Å². The van der Waals surface area contributed by atoms with Gasteiger partial charge in [-0.3, -0.25) is 9.36 Å². The van der Waals surface area contributed by atoms with Gasteiger partial charge in [0.2, 0.25) is 5.91 Å². The Hall–Kier alpha value is -2.62. The van der Waals surface area contributed by atoms with E-state index in [2.05, 4.69) is 29.0 Å². The second-order valence-electron chi connectivity index (χ2n) is 8.33. The molecule has 0 spiro atoms. The molecule has 10 heteroatoms. The number of esters is 1. The smallest absolute Gasteiger partial charge is 0.341 e. The number of benzene rings is 1. The highest BCUT2D eigenvalue weighted by Crippen LogP contribution is 2.40. The standard InChI is InChI=1S/C25H27ClN4O3S2/c1-4-11-30-22(16-7-6-8-17(26)13-16)28-29-25(30)34-14-20(31)27-23-21(24(32)33-5-2)18-10-9-15(3)12-19(18)35-23/h4,6-8,13,15H,1,5,9-12,14H2,2-3H3,(H,27,31). The summed E-state index contributed by atoms with van der Waals surface area (Å²) in [5.74, 6) is 0.732. The Labute approximate surface area is 217 Å². The lowest BCUT2D eigenvalue weighted by Crippen LogP contribution is -2.18. The molecular weight excluding hydrogens is 504 g/mol. The maximum absolute atomic E-state index is 12.9. The third-order valence-corrected chi connectivity index (χ3v) is 8.06. The fourth-order valence-corrected chi connectivity index (χ4v) is 6.43. The number of ether oxygens (including phenoxy) is 1. The zero-order chi connectivity index (χ0) is 24.9. The molecule has 1 aliphatic carbocycles. The van der Waals surface area contributed by atoms with Crippen molar-refractivity contribution in [2.45, 2.75) is 44.8 Å². The van der Waals surface area contributed by atoms with E-state index in [1.807, 2.05) is 22.8 Å². The Morgan fingerprint density at radius 2 is 2.23 bits per heavy atom. The highest BCUT2D eigenvalue weighted by molar-refractivity contribution is 7.99. The number of aromatic nitrogens is 3. The third-order valence-electron chi connectivity index (χ3n) is 5.69. The molecule has 1 aromatic carbocycles. The quantitative estimate of drug-likeness (QED) is 0.211. The van der Waals surface area contributed by atoms with Gasteiger partial charge in [0, 0.05) is 22.0 Å². The number of hydrogen-bond acceptors (Lipinski definition) is 7. The summed E-state index contributed by atoms with van der Waals surface area (Å²) in [6.07, 6.45) is 4.51. The summed E-state index contributed by atoms with van der Waals surface area (Å²) in [5, 5.41) is 13.3. The van der Waals surface area contributed by atoms with Crippen LogP contribution in [0.15, 0.2) is 42.1 Å². The minimum atomic E-state index is -0.376. The van der Waals surface area contributed by atoms with Gasteiger partial charge in [-0.2, -0.15) is 0 Å². The lowest BCUT2D eigenvalue weighted by molar-refractivity contribution is -0.113. The molecule has 7 nitrogen and oxygen atoms in total. The van der Waals surface area contributed by atoms with Crippen LogP contribution in [0.3, 0.4) is 0 Å². The second kappa shape index (κ2) is 11.4. The fourth-order valence-electron chi connectivity index (χ4n) is 4.08. The summed E-state index contributed by atoms with van der Waals surface area (Å²) in [6, 6.07) is 7.38. The van der Waals surface area contributed by atoms with Crippen molar-refractivity contribution in [1.82, 2.24) is 14.8 Å². The highest BCUT2D eigenvalue weighted by Gasteiger charge is 2.29. The van der Waals surface area contributed by atoms with Crippen molar-refractivity contribution in [3.05, 3.63) is 57.9 Å². The van der Waals surface area contributed by atoms with E-state index in [1.54, 1.807) is 19.1 Å². The van der Waals surface area contributed by atoms with E-state index >= 15 is 0 Å². The number of allylic oxidation sites excluding steroid dienone is 1. The van der Waals surface area contributed by atoms with E-state index in [-0.39, 0.29) is 24.2 Å². The summed E-state index contributed by atoms with van der Waals surface area (Å²) in [4.78, 5) is 26.8. The maximum atomic E-state index is 12.9. The van der Waals surface area contributed by atoms with Crippen molar-refractivity contribution in [2.75, 3.05) is 17.7 Å². The number of thioether (sulfide) groups is 1. The number of anilines is 1. The molecule has 0 saturated heterocycles. The fraction of sp³-hybridized carbons (Fsp3) is 0.360. The van der Waals surface area contributed by atoms with E-state index in [0.29, 0.717) is 39.0 Å². The summed E-state index contributed by atoms with van der Waals surface area (Å²) in [5.41, 5.74) is 2.36. The average molecular weight is 531 g/mol. The van der Waals surface area contributed by atoms with Gasteiger partial charge in [-0.1, -0.05) is 48.5 Å². The lowest BCUT2D eigenvalue weighted by Gasteiger charge is -2.18. The number of carbonyl (C=O) groups excluding carboxylic acids is 2. The largest absolute Gasteiger partial charge is 0.462 e. The summed E-state index contributed by atoms with van der Waals surface area (Å²) in [7, 11) is 0. The van der Waals surface area contributed by atoms with Crippen LogP contribution in [-0.4, -0.2) is 39.0 Å². The second-order valence-corrected chi connectivity index (χ2v) is 10.8. The van der Waals surface area contributed by atoms with Crippen LogP contribution in [0.25, 0.3) is 11.4 Å². The van der Waals surface area contributed by atoms with Crippen molar-refractivity contribution in [2.24, 2.45) is 5.92 Å². The average Bonchev–Trinajstić information content (AvgIpc) is 3.38. The van der Waals surface area contributed by atoms with Crippen molar-refractivity contribution < 1.29 is 14.3 Å². The molecule has 1 amide bonds. The van der Waals surface area contributed by atoms with E-state index in [4.69, 9.17) is 16.3 Å². The molecule has 0 bridgehead atoms. The number of rotatable bonds is 9. The number of nitrogens with one attached hydrogen (secondary N) is 1. The van der Waals surface area contributed by atoms with E-state index < -0.39 is 0 Å². The molecular formula is C25H27ClN4O3S2. The lowest BCUT2D eigenvalue weighted by atomic mass is 9.88. The molecule has 0 aliphatic heterocycles. The van der Waals surface area contributed by atoms with Crippen LogP contribution in [0.1, 0.15) is 41.1 Å². The van der Waals surface area contributed by atoms with Crippen LogP contribution in [0.5, 0.6) is 0 Å². The Bertz CT molecular complexity index is 1250. The van der Waals surface area contributed by atoms with Crippen molar-refractivity contribution in [3.8, 4) is 11.4 Å². The predicted octanol–water partition coefficient (Wildman–Crippen LogP) is 5.88. The number of thiophene rings is 1. The number of hydrogen-bond donors (Lipinski definition) is 1. The summed E-state index contributed by atoms with van der Waals surface area (Å²) in [6.45, 7) is 8.59. The Balaban J connectivity index is 1.51. The van der Waals surface area contributed by atoms with Gasteiger partial charge in [0.1, 0.15) is 5.00 Å². The zero-order valence-electron chi connectivity index (χ0n) is 19.7. The van der Waals surface area contributed by atoms with Crippen LogP contribution in [-0.2, 0) is 28.9 Å². The molecule has 3 aromatic rings. The molecule has 2 heterocycles. The molecule has 35 heavy (non-hydrogen) atoms. The topological polar surface area (TPSA) is 86.1 Å². The maximum Gasteiger partial charge on any atom is 0.341 e. The first-order valence-electron chi connectivity index (χ1n) is 11.5. The Kier molecular flexibility index (Phi) is 8.30. The predicted molar refractivity (Wildman–Crippen MR) is 141 cm³/mol.